The average molecular weight is 665 g/mol. The molecular weight excluding hydrogens is 617 g/mol. The molecule has 0 bridgehead atoms. The number of unbranched alkanes of at least 4 members (excludes halogenated alkanes) is 1. The number of aryl methyl sites for hydroxylation is 2. The first-order valence-corrected chi connectivity index (χ1v) is 18.7. The Balaban J connectivity index is 0.000000198. The zero-order valence-corrected chi connectivity index (χ0v) is 30.2. The summed E-state index contributed by atoms with van der Waals surface area (Å²) in [7, 11) is 0. The quantitative estimate of drug-likeness (QED) is 0.185. The highest BCUT2D eigenvalue weighted by Crippen LogP contribution is 2.33. The Morgan fingerprint density at radius 2 is 0.902 bits per heavy atom. The highest BCUT2D eigenvalue weighted by molar-refractivity contribution is 5.45. The molecule has 2 aliphatic carbocycles. The van der Waals surface area contributed by atoms with Crippen LogP contribution in [0.1, 0.15) is 128 Å². The van der Waals surface area contributed by atoms with Crippen LogP contribution in [0.4, 0.5) is 0 Å². The van der Waals surface area contributed by atoms with Gasteiger partial charge in [-0.15, -0.1) is 0 Å². The van der Waals surface area contributed by atoms with Crippen molar-refractivity contribution in [3.8, 4) is 35.8 Å². The molecule has 2 unspecified atom stereocenters. The summed E-state index contributed by atoms with van der Waals surface area (Å²) in [6.45, 7) is 4.46. The van der Waals surface area contributed by atoms with Crippen LogP contribution >= 0.6 is 0 Å². The fourth-order valence-electron chi connectivity index (χ4n) is 6.64. The molecule has 2 atom stereocenters. The second kappa shape index (κ2) is 19.6. The average Bonchev–Trinajstić information content (AvgIpc) is 3.20. The van der Waals surface area contributed by atoms with E-state index in [1.165, 1.54) is 78.3 Å². The van der Waals surface area contributed by atoms with Crippen LogP contribution in [0, 0.1) is 46.3 Å². The van der Waals surface area contributed by atoms with Gasteiger partial charge in [0.15, 0.2) is 0 Å². The fraction of sp³-hybridized carbons (Fsp3) is 0.306. The molecule has 0 saturated heterocycles. The molecule has 6 rings (SSSR count). The third-order valence-corrected chi connectivity index (χ3v) is 9.84. The second-order valence-corrected chi connectivity index (χ2v) is 13.6. The van der Waals surface area contributed by atoms with Gasteiger partial charge in [-0.25, -0.2) is 0 Å². The van der Waals surface area contributed by atoms with E-state index in [1.54, 1.807) is 0 Å². The molecule has 0 radical (unpaired) electrons. The number of rotatable bonds is 7. The minimum atomic E-state index is 0.621. The van der Waals surface area contributed by atoms with E-state index < -0.39 is 0 Å². The van der Waals surface area contributed by atoms with Crippen molar-refractivity contribution in [3.05, 3.63) is 165 Å². The Morgan fingerprint density at radius 1 is 0.490 bits per heavy atom. The molecule has 0 amide bonds. The van der Waals surface area contributed by atoms with Crippen molar-refractivity contribution in [1.82, 2.24) is 0 Å². The molecule has 0 aliphatic heterocycles. The van der Waals surface area contributed by atoms with Crippen molar-refractivity contribution < 1.29 is 0 Å². The van der Waals surface area contributed by atoms with Gasteiger partial charge in [0.25, 0.3) is 0 Å². The fourth-order valence-corrected chi connectivity index (χ4v) is 6.64. The summed E-state index contributed by atoms with van der Waals surface area (Å²) in [5.74, 6) is 14.3. The summed E-state index contributed by atoms with van der Waals surface area (Å²) in [6.07, 6.45) is 17.3. The zero-order chi connectivity index (χ0) is 35.7. The number of allylic oxidation sites excluding steroid dienone is 4. The summed E-state index contributed by atoms with van der Waals surface area (Å²) < 4.78 is 0. The molecule has 2 heteroatoms. The first kappa shape index (κ1) is 36.7. The second-order valence-electron chi connectivity index (χ2n) is 13.6. The van der Waals surface area contributed by atoms with Gasteiger partial charge in [0, 0.05) is 11.1 Å². The molecule has 0 aromatic heterocycles. The topological polar surface area (TPSA) is 47.6 Å². The minimum Gasteiger partial charge on any atom is -0.192 e. The highest BCUT2D eigenvalue weighted by atomic mass is 14.2. The van der Waals surface area contributed by atoms with Gasteiger partial charge in [-0.1, -0.05) is 111 Å². The van der Waals surface area contributed by atoms with Gasteiger partial charge in [0.1, 0.15) is 0 Å². The molecular formula is C49H48N2. The summed E-state index contributed by atoms with van der Waals surface area (Å²) in [5, 5.41) is 17.7. The van der Waals surface area contributed by atoms with Crippen LogP contribution in [-0.4, -0.2) is 0 Å². The van der Waals surface area contributed by atoms with Gasteiger partial charge in [-0.2, -0.15) is 10.5 Å². The van der Waals surface area contributed by atoms with Crippen LogP contribution in [0.5, 0.6) is 0 Å². The SMILES string of the molecule is CCCCc1ccc(C2CC=C(C#Cc3ccc(C#N)cc3)CC2)cc1.CCCc1ccc(C2CC=C(C#Cc3ccc(C#N)cc3)CC2)cc1. The maximum absolute atomic E-state index is 8.84. The Morgan fingerprint density at radius 3 is 1.25 bits per heavy atom. The van der Waals surface area contributed by atoms with Crippen LogP contribution in [-0.2, 0) is 12.8 Å². The molecule has 0 fully saturated rings. The lowest BCUT2D eigenvalue weighted by Gasteiger charge is -2.20. The summed E-state index contributed by atoms with van der Waals surface area (Å²) in [6, 6.07) is 37.6. The van der Waals surface area contributed by atoms with Crippen molar-refractivity contribution in [2.24, 2.45) is 0 Å². The maximum atomic E-state index is 8.84. The van der Waals surface area contributed by atoms with Crippen molar-refractivity contribution in [2.45, 2.75) is 96.3 Å². The van der Waals surface area contributed by atoms with E-state index in [0.29, 0.717) is 23.0 Å². The molecule has 0 heterocycles. The van der Waals surface area contributed by atoms with E-state index in [0.717, 1.165) is 36.8 Å². The normalized spacial score (nSPS) is 16.2. The van der Waals surface area contributed by atoms with Gasteiger partial charge in [-0.05, 0) is 152 Å². The van der Waals surface area contributed by atoms with E-state index in [1.807, 2.05) is 48.5 Å². The van der Waals surface area contributed by atoms with Crippen molar-refractivity contribution >= 4 is 0 Å². The van der Waals surface area contributed by atoms with E-state index in [-0.39, 0.29) is 0 Å². The smallest absolute Gasteiger partial charge is 0.0991 e. The van der Waals surface area contributed by atoms with Crippen molar-refractivity contribution in [2.75, 3.05) is 0 Å². The summed E-state index contributed by atoms with van der Waals surface area (Å²) in [5.41, 5.74) is 11.6. The Labute approximate surface area is 306 Å². The van der Waals surface area contributed by atoms with Gasteiger partial charge in [0.05, 0.1) is 23.3 Å². The van der Waals surface area contributed by atoms with Crippen LogP contribution in [0.15, 0.2) is 120 Å². The van der Waals surface area contributed by atoms with Gasteiger partial charge < -0.3 is 0 Å². The lowest BCUT2D eigenvalue weighted by molar-refractivity contribution is 0.607. The molecule has 2 aliphatic rings. The molecule has 51 heavy (non-hydrogen) atoms. The van der Waals surface area contributed by atoms with E-state index in [2.05, 4.69) is 110 Å². The number of nitriles is 2. The third-order valence-electron chi connectivity index (χ3n) is 9.84. The van der Waals surface area contributed by atoms with Gasteiger partial charge >= 0.3 is 0 Å². The van der Waals surface area contributed by atoms with Crippen LogP contribution < -0.4 is 0 Å². The molecule has 4 aromatic carbocycles. The first-order chi connectivity index (χ1) is 25.1. The van der Waals surface area contributed by atoms with E-state index in [9.17, 15) is 0 Å². The molecule has 254 valence electrons. The zero-order valence-electron chi connectivity index (χ0n) is 30.2. The predicted molar refractivity (Wildman–Crippen MR) is 211 cm³/mol. The van der Waals surface area contributed by atoms with Gasteiger partial charge in [-0.3, -0.25) is 0 Å². The molecule has 0 spiro atoms. The van der Waals surface area contributed by atoms with E-state index in [4.69, 9.17) is 10.5 Å². The predicted octanol–water partition coefficient (Wildman–Crippen LogP) is 11.9. The molecule has 4 aromatic rings. The van der Waals surface area contributed by atoms with E-state index >= 15 is 0 Å². The first-order valence-electron chi connectivity index (χ1n) is 18.7. The Kier molecular flexibility index (Phi) is 14.1. The summed E-state index contributed by atoms with van der Waals surface area (Å²) >= 11 is 0. The molecule has 0 N–H and O–H groups in total. The molecule has 0 saturated carbocycles. The largest absolute Gasteiger partial charge is 0.192 e. The highest BCUT2D eigenvalue weighted by Gasteiger charge is 2.16. The monoisotopic (exact) mass is 664 g/mol. The van der Waals surface area contributed by atoms with Crippen LogP contribution in [0.3, 0.4) is 0 Å². The van der Waals surface area contributed by atoms with Crippen LogP contribution in [0.2, 0.25) is 0 Å². The number of nitrogens with zero attached hydrogens (tertiary/aromatic N) is 2. The Bertz CT molecular complexity index is 1990. The third kappa shape index (κ3) is 11.5. The lowest BCUT2D eigenvalue weighted by Crippen LogP contribution is -2.04. The Hall–Kier alpha value is -5.54. The number of hydrogen-bond acceptors (Lipinski definition) is 2. The molecule has 2 nitrogen and oxygen atoms in total. The van der Waals surface area contributed by atoms with Crippen molar-refractivity contribution in [3.63, 3.8) is 0 Å². The maximum Gasteiger partial charge on any atom is 0.0991 e. The van der Waals surface area contributed by atoms with Gasteiger partial charge in [0.2, 0.25) is 0 Å². The summed E-state index contributed by atoms with van der Waals surface area (Å²) in [4.78, 5) is 0. The minimum absolute atomic E-state index is 0.621. The standard InChI is InChI=1S/C25H25N.C24H23N/c1-2-3-4-20-11-15-24(16-12-20)25-17-13-22(14-18-25)6-5-21-7-9-23(19-26)10-8-21;1-2-3-19-10-14-23(15-11-19)24-16-12-21(13-17-24)5-4-20-6-8-22(18-25)9-7-20/h7-13,15-16,25H,2-4,14,17-18H2,1H3;6-12,14-15,24H,2-3,13,16-17H2,1H3. The lowest BCUT2D eigenvalue weighted by atomic mass is 9.84. The number of benzene rings is 4. The van der Waals surface area contributed by atoms with Crippen molar-refractivity contribution in [1.29, 1.82) is 10.5 Å². The van der Waals surface area contributed by atoms with Crippen LogP contribution in [0.25, 0.3) is 0 Å². The number of hydrogen-bond donors (Lipinski definition) is 0.